The van der Waals surface area contributed by atoms with Gasteiger partial charge in [0.2, 0.25) is 0 Å². The molecule has 1 aromatic rings. The molecule has 0 radical (unpaired) electrons. The molecule has 2 N–H and O–H groups in total. The highest BCUT2D eigenvalue weighted by Gasteiger charge is 2.27. The molecule has 1 heterocycles. The molecule has 1 saturated carbocycles. The third kappa shape index (κ3) is 2.96. The number of rotatable bonds is 3. The van der Waals surface area contributed by atoms with E-state index in [1.165, 1.54) is 18.4 Å². The van der Waals surface area contributed by atoms with Gasteiger partial charge in [0.1, 0.15) is 0 Å². The third-order valence-electron chi connectivity index (χ3n) is 3.27. The Morgan fingerprint density at radius 2 is 2.18 bits per heavy atom. The first kappa shape index (κ1) is 11.9. The standard InChI is InChI=1S/C13H20N4/c1-9-4-5-11(16-10(9)2)8-15-13(14)17(3)12-6-7-12/h4-5,12H,6-8H2,1-3H3,(H2,14,15). The van der Waals surface area contributed by atoms with Crippen molar-refractivity contribution in [2.24, 2.45) is 10.7 Å². The minimum Gasteiger partial charge on any atom is -0.370 e. The predicted octanol–water partition coefficient (Wildman–Crippen LogP) is 1.61. The SMILES string of the molecule is Cc1ccc(CN=C(N)N(C)C2CC2)nc1C. The summed E-state index contributed by atoms with van der Waals surface area (Å²) in [5.74, 6) is 0.618. The number of aliphatic imine (C=N–C) groups is 1. The molecule has 0 amide bonds. The van der Waals surface area contributed by atoms with Crippen LogP contribution in [0.2, 0.25) is 0 Å². The Morgan fingerprint density at radius 1 is 1.47 bits per heavy atom. The Morgan fingerprint density at radius 3 is 2.76 bits per heavy atom. The van der Waals surface area contributed by atoms with E-state index in [2.05, 4.69) is 27.9 Å². The highest BCUT2D eigenvalue weighted by Crippen LogP contribution is 2.24. The van der Waals surface area contributed by atoms with Crippen LogP contribution in [0.1, 0.15) is 29.8 Å². The lowest BCUT2D eigenvalue weighted by Gasteiger charge is -2.16. The van der Waals surface area contributed by atoms with Crippen LogP contribution < -0.4 is 5.73 Å². The summed E-state index contributed by atoms with van der Waals surface area (Å²) in [4.78, 5) is 10.9. The average molecular weight is 232 g/mol. The molecular weight excluding hydrogens is 212 g/mol. The fourth-order valence-corrected chi connectivity index (χ4v) is 1.69. The number of nitrogens with zero attached hydrogens (tertiary/aromatic N) is 3. The molecule has 0 atom stereocenters. The number of aromatic nitrogens is 1. The van der Waals surface area contributed by atoms with E-state index in [0.29, 0.717) is 18.5 Å². The molecule has 0 aromatic carbocycles. The summed E-state index contributed by atoms with van der Waals surface area (Å²) in [5, 5.41) is 0. The van der Waals surface area contributed by atoms with Gasteiger partial charge in [0.15, 0.2) is 5.96 Å². The van der Waals surface area contributed by atoms with Crippen molar-refractivity contribution in [3.05, 3.63) is 29.1 Å². The molecule has 2 rings (SSSR count). The van der Waals surface area contributed by atoms with Gasteiger partial charge in [0, 0.05) is 18.8 Å². The van der Waals surface area contributed by atoms with Gasteiger partial charge in [0.05, 0.1) is 12.2 Å². The van der Waals surface area contributed by atoms with Crippen molar-refractivity contribution in [2.75, 3.05) is 7.05 Å². The van der Waals surface area contributed by atoms with Crippen LogP contribution in [0.5, 0.6) is 0 Å². The van der Waals surface area contributed by atoms with Gasteiger partial charge in [-0.25, -0.2) is 4.99 Å². The molecule has 1 fully saturated rings. The second-order valence-electron chi connectivity index (χ2n) is 4.72. The third-order valence-corrected chi connectivity index (χ3v) is 3.27. The zero-order valence-electron chi connectivity index (χ0n) is 10.8. The predicted molar refractivity (Wildman–Crippen MR) is 69.8 cm³/mol. The van der Waals surface area contributed by atoms with Gasteiger partial charge in [0.25, 0.3) is 0 Å². The number of hydrogen-bond donors (Lipinski definition) is 1. The first-order chi connectivity index (χ1) is 8.08. The fourth-order valence-electron chi connectivity index (χ4n) is 1.69. The van der Waals surface area contributed by atoms with Crippen molar-refractivity contribution in [1.29, 1.82) is 0 Å². The Labute approximate surface area is 103 Å². The highest BCUT2D eigenvalue weighted by molar-refractivity contribution is 5.78. The van der Waals surface area contributed by atoms with Crippen LogP contribution in [-0.4, -0.2) is 28.9 Å². The van der Waals surface area contributed by atoms with Gasteiger partial charge in [-0.05, 0) is 38.3 Å². The smallest absolute Gasteiger partial charge is 0.191 e. The summed E-state index contributed by atoms with van der Waals surface area (Å²) in [6.07, 6.45) is 2.46. The molecule has 0 saturated heterocycles. The molecule has 17 heavy (non-hydrogen) atoms. The molecule has 0 spiro atoms. The first-order valence-electron chi connectivity index (χ1n) is 6.04. The Balaban J connectivity index is 2.00. The van der Waals surface area contributed by atoms with Crippen LogP contribution in [0.15, 0.2) is 17.1 Å². The molecule has 4 heteroatoms. The molecule has 0 unspecified atom stereocenters. The zero-order valence-corrected chi connectivity index (χ0v) is 10.8. The molecule has 1 aliphatic carbocycles. The van der Waals surface area contributed by atoms with Crippen LogP contribution in [0, 0.1) is 13.8 Å². The second kappa shape index (κ2) is 4.73. The van der Waals surface area contributed by atoms with Crippen molar-refractivity contribution in [2.45, 2.75) is 39.3 Å². The van der Waals surface area contributed by atoms with Crippen molar-refractivity contribution in [3.8, 4) is 0 Å². The maximum atomic E-state index is 5.92. The van der Waals surface area contributed by atoms with E-state index >= 15 is 0 Å². The number of pyridine rings is 1. The summed E-state index contributed by atoms with van der Waals surface area (Å²) in [6.45, 7) is 4.64. The maximum Gasteiger partial charge on any atom is 0.191 e. The summed E-state index contributed by atoms with van der Waals surface area (Å²) >= 11 is 0. The van der Waals surface area contributed by atoms with E-state index in [-0.39, 0.29) is 0 Å². The minimum atomic E-state index is 0.560. The summed E-state index contributed by atoms with van der Waals surface area (Å²) < 4.78 is 0. The van der Waals surface area contributed by atoms with Gasteiger partial charge in [-0.3, -0.25) is 4.98 Å². The van der Waals surface area contributed by atoms with Crippen LogP contribution in [0.3, 0.4) is 0 Å². The van der Waals surface area contributed by atoms with E-state index < -0.39 is 0 Å². The Hall–Kier alpha value is -1.58. The molecule has 1 aromatic heterocycles. The summed E-state index contributed by atoms with van der Waals surface area (Å²) in [6, 6.07) is 4.69. The van der Waals surface area contributed by atoms with Crippen molar-refractivity contribution in [3.63, 3.8) is 0 Å². The average Bonchev–Trinajstić information content (AvgIpc) is 3.13. The van der Waals surface area contributed by atoms with Crippen molar-refractivity contribution in [1.82, 2.24) is 9.88 Å². The lowest BCUT2D eigenvalue weighted by molar-refractivity contribution is 0.487. The van der Waals surface area contributed by atoms with Crippen LogP contribution in [0.25, 0.3) is 0 Å². The van der Waals surface area contributed by atoms with Gasteiger partial charge in [-0.2, -0.15) is 0 Å². The number of hydrogen-bond acceptors (Lipinski definition) is 2. The first-order valence-corrected chi connectivity index (χ1v) is 6.04. The van der Waals surface area contributed by atoms with Crippen LogP contribution in [-0.2, 0) is 6.54 Å². The maximum absolute atomic E-state index is 5.92. The van der Waals surface area contributed by atoms with Crippen LogP contribution >= 0.6 is 0 Å². The fraction of sp³-hybridized carbons (Fsp3) is 0.538. The van der Waals surface area contributed by atoms with E-state index in [0.717, 1.165) is 11.4 Å². The highest BCUT2D eigenvalue weighted by atomic mass is 15.3. The van der Waals surface area contributed by atoms with Crippen molar-refractivity contribution < 1.29 is 0 Å². The van der Waals surface area contributed by atoms with E-state index in [4.69, 9.17) is 5.73 Å². The van der Waals surface area contributed by atoms with E-state index in [9.17, 15) is 0 Å². The monoisotopic (exact) mass is 232 g/mol. The van der Waals surface area contributed by atoms with Gasteiger partial charge in [-0.15, -0.1) is 0 Å². The zero-order chi connectivity index (χ0) is 12.4. The number of aryl methyl sites for hydroxylation is 2. The van der Waals surface area contributed by atoms with Gasteiger partial charge in [-0.1, -0.05) is 6.07 Å². The number of nitrogens with two attached hydrogens (primary N) is 1. The van der Waals surface area contributed by atoms with Crippen molar-refractivity contribution >= 4 is 5.96 Å². The second-order valence-corrected chi connectivity index (χ2v) is 4.72. The summed E-state index contributed by atoms with van der Waals surface area (Å²) in [5.41, 5.74) is 9.17. The summed E-state index contributed by atoms with van der Waals surface area (Å²) in [7, 11) is 2.00. The normalized spacial score (nSPS) is 16.1. The van der Waals surface area contributed by atoms with Crippen LogP contribution in [0.4, 0.5) is 0 Å². The molecule has 0 aliphatic heterocycles. The van der Waals surface area contributed by atoms with Gasteiger partial charge >= 0.3 is 0 Å². The quantitative estimate of drug-likeness (QED) is 0.636. The number of guanidine groups is 1. The lowest BCUT2D eigenvalue weighted by atomic mass is 10.2. The van der Waals surface area contributed by atoms with E-state index in [1.807, 2.05) is 20.0 Å². The topological polar surface area (TPSA) is 54.5 Å². The lowest BCUT2D eigenvalue weighted by Crippen LogP contribution is -2.35. The Bertz CT molecular complexity index is 435. The molecule has 0 bridgehead atoms. The van der Waals surface area contributed by atoms with Gasteiger partial charge < -0.3 is 10.6 Å². The largest absolute Gasteiger partial charge is 0.370 e. The molecule has 1 aliphatic rings. The molecular formula is C13H20N4. The minimum absolute atomic E-state index is 0.560. The van der Waals surface area contributed by atoms with E-state index in [1.54, 1.807) is 0 Å². The molecule has 92 valence electrons. The molecule has 4 nitrogen and oxygen atoms in total. The Kier molecular flexibility index (Phi) is 3.31.